The van der Waals surface area contributed by atoms with E-state index in [0.29, 0.717) is 10.0 Å². The highest BCUT2D eigenvalue weighted by atomic mass is 79.9. The van der Waals surface area contributed by atoms with Crippen LogP contribution in [-0.2, 0) is 14.8 Å². The van der Waals surface area contributed by atoms with Crippen molar-refractivity contribution in [3.63, 3.8) is 0 Å². The van der Waals surface area contributed by atoms with Crippen molar-refractivity contribution in [2.45, 2.75) is 17.4 Å². The van der Waals surface area contributed by atoms with Gasteiger partial charge in [0.15, 0.2) is 0 Å². The minimum Gasteiger partial charge on any atom is -0.481 e. The van der Waals surface area contributed by atoms with Crippen molar-refractivity contribution in [1.29, 1.82) is 0 Å². The molecule has 0 spiro atoms. The van der Waals surface area contributed by atoms with Crippen LogP contribution in [0.25, 0.3) is 11.1 Å². The van der Waals surface area contributed by atoms with Gasteiger partial charge in [0.25, 0.3) is 15.9 Å². The number of rotatable bonds is 9. The SMILES string of the molecule is O=C(O)CC(NC(=O)c1cc(Br)ccc1NS(=O)(=O)c1ccc(Br)cc1)c1ccc(-c2ccccc2)cc1. The summed E-state index contributed by atoms with van der Waals surface area (Å²) < 4.78 is 29.7. The minimum absolute atomic E-state index is 0.0252. The zero-order valence-electron chi connectivity index (χ0n) is 19.8. The summed E-state index contributed by atoms with van der Waals surface area (Å²) in [5.41, 5.74) is 2.66. The third-order valence-corrected chi connectivity index (χ3v) is 8.10. The molecule has 1 amide bonds. The first-order chi connectivity index (χ1) is 18.1. The fourth-order valence-electron chi connectivity index (χ4n) is 3.81. The Morgan fingerprint density at radius 1 is 0.789 bits per heavy atom. The zero-order chi connectivity index (χ0) is 27.3. The number of carboxylic acids is 1. The molecule has 0 aromatic heterocycles. The molecule has 0 saturated heterocycles. The van der Waals surface area contributed by atoms with Crippen LogP contribution in [0.2, 0.25) is 0 Å². The molecule has 7 nitrogen and oxygen atoms in total. The molecule has 0 aliphatic heterocycles. The number of carboxylic acid groups (broad SMARTS) is 1. The summed E-state index contributed by atoms with van der Waals surface area (Å²) in [5.74, 6) is -1.72. The highest BCUT2D eigenvalue weighted by Gasteiger charge is 2.23. The number of carbonyl (C=O) groups is 2. The largest absolute Gasteiger partial charge is 0.481 e. The molecule has 1 atom stereocenters. The third-order valence-electron chi connectivity index (χ3n) is 5.70. The summed E-state index contributed by atoms with van der Waals surface area (Å²) in [6.45, 7) is 0. The Balaban J connectivity index is 1.61. The topological polar surface area (TPSA) is 113 Å². The standard InChI is InChI=1S/C28H22Br2N2O5S/c29-21-10-13-23(14-11-21)38(36,37)32-25-15-12-22(30)16-24(25)28(35)31-26(17-27(33)34)20-8-6-19(7-9-20)18-4-2-1-3-5-18/h1-16,26,32H,17H2,(H,31,35)(H,33,34). The van der Waals surface area contributed by atoms with Crippen LogP contribution in [0.1, 0.15) is 28.4 Å². The van der Waals surface area contributed by atoms with Crippen molar-refractivity contribution < 1.29 is 23.1 Å². The Morgan fingerprint density at radius 2 is 1.39 bits per heavy atom. The summed E-state index contributed by atoms with van der Waals surface area (Å²) in [7, 11) is -3.99. The Kier molecular flexibility index (Phi) is 8.65. The first-order valence-electron chi connectivity index (χ1n) is 11.4. The molecule has 194 valence electrons. The number of aliphatic carboxylic acids is 1. The molecule has 0 aliphatic carbocycles. The quantitative estimate of drug-likeness (QED) is 0.187. The summed E-state index contributed by atoms with van der Waals surface area (Å²) in [6, 6.07) is 26.8. The molecule has 3 N–H and O–H groups in total. The lowest BCUT2D eigenvalue weighted by molar-refractivity contribution is -0.137. The van der Waals surface area contributed by atoms with Gasteiger partial charge in [-0.3, -0.25) is 14.3 Å². The Bertz CT molecular complexity index is 1560. The molecule has 0 aliphatic rings. The number of hydrogen-bond donors (Lipinski definition) is 3. The van der Waals surface area contributed by atoms with E-state index in [9.17, 15) is 23.1 Å². The van der Waals surface area contributed by atoms with Crippen LogP contribution in [0.15, 0.2) is 111 Å². The van der Waals surface area contributed by atoms with Crippen LogP contribution in [0.3, 0.4) is 0 Å². The fraction of sp³-hybridized carbons (Fsp3) is 0.0714. The Morgan fingerprint density at radius 3 is 2.03 bits per heavy atom. The Labute approximate surface area is 237 Å². The molecular formula is C28H22Br2N2O5S. The third kappa shape index (κ3) is 6.89. The highest BCUT2D eigenvalue weighted by molar-refractivity contribution is 9.10. The number of carbonyl (C=O) groups excluding carboxylic acids is 1. The molecule has 38 heavy (non-hydrogen) atoms. The number of nitrogens with one attached hydrogen (secondary N) is 2. The molecule has 4 aromatic carbocycles. The first-order valence-corrected chi connectivity index (χ1v) is 14.5. The summed E-state index contributed by atoms with van der Waals surface area (Å²) >= 11 is 6.60. The molecule has 4 rings (SSSR count). The number of benzene rings is 4. The van der Waals surface area contributed by atoms with E-state index in [2.05, 4.69) is 41.9 Å². The van der Waals surface area contributed by atoms with Gasteiger partial charge in [0, 0.05) is 8.95 Å². The van der Waals surface area contributed by atoms with Gasteiger partial charge < -0.3 is 10.4 Å². The van der Waals surface area contributed by atoms with Crippen LogP contribution < -0.4 is 10.0 Å². The normalized spacial score (nSPS) is 11.9. The number of amides is 1. The van der Waals surface area contributed by atoms with Crippen LogP contribution in [0.4, 0.5) is 5.69 Å². The zero-order valence-corrected chi connectivity index (χ0v) is 23.8. The van der Waals surface area contributed by atoms with Crippen molar-refractivity contribution >= 4 is 59.4 Å². The molecular weight excluding hydrogens is 636 g/mol. The van der Waals surface area contributed by atoms with E-state index in [-0.39, 0.29) is 22.6 Å². The van der Waals surface area contributed by atoms with E-state index >= 15 is 0 Å². The van der Waals surface area contributed by atoms with Gasteiger partial charge in [-0.25, -0.2) is 8.42 Å². The van der Waals surface area contributed by atoms with Gasteiger partial charge in [0.2, 0.25) is 0 Å². The lowest BCUT2D eigenvalue weighted by atomic mass is 9.98. The van der Waals surface area contributed by atoms with Gasteiger partial charge in [-0.1, -0.05) is 86.5 Å². The molecule has 4 aromatic rings. The van der Waals surface area contributed by atoms with Gasteiger partial charge in [0.1, 0.15) is 0 Å². The fourth-order valence-corrected chi connectivity index (χ4v) is 5.52. The maximum absolute atomic E-state index is 13.4. The molecule has 0 saturated carbocycles. The van der Waals surface area contributed by atoms with E-state index < -0.39 is 27.9 Å². The molecule has 0 heterocycles. The molecule has 0 radical (unpaired) electrons. The number of hydrogen-bond acceptors (Lipinski definition) is 4. The van der Waals surface area contributed by atoms with Crippen LogP contribution >= 0.6 is 31.9 Å². The van der Waals surface area contributed by atoms with Crippen LogP contribution in [0.5, 0.6) is 0 Å². The predicted octanol–water partition coefficient (Wildman–Crippen LogP) is 6.63. The van der Waals surface area contributed by atoms with Crippen molar-refractivity contribution in [3.8, 4) is 11.1 Å². The van der Waals surface area contributed by atoms with E-state index in [1.165, 1.54) is 24.3 Å². The van der Waals surface area contributed by atoms with Gasteiger partial charge >= 0.3 is 5.97 Å². The minimum atomic E-state index is -3.99. The summed E-state index contributed by atoms with van der Waals surface area (Å²) in [4.78, 5) is 25.0. The summed E-state index contributed by atoms with van der Waals surface area (Å²) in [5, 5.41) is 12.3. The highest BCUT2D eigenvalue weighted by Crippen LogP contribution is 2.27. The van der Waals surface area contributed by atoms with Crippen molar-refractivity contribution in [1.82, 2.24) is 5.32 Å². The van der Waals surface area contributed by atoms with Crippen LogP contribution in [0, 0.1) is 0 Å². The first kappa shape index (κ1) is 27.6. The van der Waals surface area contributed by atoms with E-state index in [4.69, 9.17) is 0 Å². The van der Waals surface area contributed by atoms with Crippen molar-refractivity contribution in [2.75, 3.05) is 4.72 Å². The second-order valence-corrected chi connectivity index (χ2v) is 11.9. The van der Waals surface area contributed by atoms with Crippen molar-refractivity contribution in [2.24, 2.45) is 0 Å². The van der Waals surface area contributed by atoms with E-state index in [0.717, 1.165) is 15.6 Å². The monoisotopic (exact) mass is 656 g/mol. The maximum atomic E-state index is 13.4. The predicted molar refractivity (Wildman–Crippen MR) is 153 cm³/mol. The second-order valence-electron chi connectivity index (χ2n) is 8.36. The molecule has 0 bridgehead atoms. The average Bonchev–Trinajstić information content (AvgIpc) is 2.90. The lowest BCUT2D eigenvalue weighted by Gasteiger charge is -2.20. The van der Waals surface area contributed by atoms with Crippen molar-refractivity contribution in [3.05, 3.63) is 117 Å². The number of sulfonamides is 1. The Hall–Kier alpha value is -3.47. The van der Waals surface area contributed by atoms with E-state index in [1.54, 1.807) is 30.3 Å². The van der Waals surface area contributed by atoms with Gasteiger partial charge in [0.05, 0.1) is 28.6 Å². The molecule has 0 fully saturated rings. The maximum Gasteiger partial charge on any atom is 0.305 e. The molecule has 10 heteroatoms. The van der Waals surface area contributed by atoms with Gasteiger partial charge in [-0.15, -0.1) is 0 Å². The van der Waals surface area contributed by atoms with Gasteiger partial charge in [-0.05, 0) is 59.2 Å². The summed E-state index contributed by atoms with van der Waals surface area (Å²) in [6.07, 6.45) is -0.357. The van der Waals surface area contributed by atoms with E-state index in [1.807, 2.05) is 42.5 Å². The van der Waals surface area contributed by atoms with Gasteiger partial charge in [-0.2, -0.15) is 0 Å². The number of halogens is 2. The second kappa shape index (κ2) is 11.9. The van der Waals surface area contributed by atoms with Crippen LogP contribution in [-0.4, -0.2) is 25.4 Å². The average molecular weight is 658 g/mol. The number of anilines is 1. The smallest absolute Gasteiger partial charge is 0.305 e. The lowest BCUT2D eigenvalue weighted by Crippen LogP contribution is -2.31. The molecule has 1 unspecified atom stereocenters.